The highest BCUT2D eigenvalue weighted by Gasteiger charge is 2.25. The van der Waals surface area contributed by atoms with Crippen LogP contribution in [0.3, 0.4) is 0 Å². The first-order chi connectivity index (χ1) is 8.38. The van der Waals surface area contributed by atoms with Crippen molar-refractivity contribution in [1.29, 1.82) is 0 Å². The number of hydrogen-bond donors (Lipinski definition) is 0. The molecule has 0 spiro atoms. The summed E-state index contributed by atoms with van der Waals surface area (Å²) in [5.41, 5.74) is 3.38. The SMILES string of the molecule is CCC1c2cccn2CCN1Cc1cncs1. The molecule has 3 nitrogen and oxygen atoms in total. The van der Waals surface area contributed by atoms with Crippen molar-refractivity contribution in [2.75, 3.05) is 6.54 Å². The van der Waals surface area contributed by atoms with Crippen LogP contribution in [-0.4, -0.2) is 21.0 Å². The zero-order chi connectivity index (χ0) is 11.7. The van der Waals surface area contributed by atoms with Gasteiger partial charge in [0, 0.05) is 42.6 Å². The molecule has 0 aliphatic carbocycles. The van der Waals surface area contributed by atoms with E-state index in [1.807, 2.05) is 11.7 Å². The molecule has 0 fully saturated rings. The largest absolute Gasteiger partial charge is 0.349 e. The molecule has 0 bridgehead atoms. The Morgan fingerprint density at radius 1 is 1.47 bits per heavy atom. The fourth-order valence-electron chi connectivity index (χ4n) is 2.69. The molecule has 1 aliphatic heterocycles. The van der Waals surface area contributed by atoms with Crippen LogP contribution in [0.15, 0.2) is 30.0 Å². The van der Waals surface area contributed by atoms with E-state index in [-0.39, 0.29) is 0 Å². The molecule has 1 aliphatic rings. The maximum absolute atomic E-state index is 4.16. The summed E-state index contributed by atoms with van der Waals surface area (Å²) in [5, 5.41) is 0. The van der Waals surface area contributed by atoms with Gasteiger partial charge < -0.3 is 4.57 Å². The monoisotopic (exact) mass is 247 g/mol. The van der Waals surface area contributed by atoms with Crippen LogP contribution in [0.25, 0.3) is 0 Å². The minimum Gasteiger partial charge on any atom is -0.349 e. The van der Waals surface area contributed by atoms with Crippen LogP contribution in [0.5, 0.6) is 0 Å². The minimum absolute atomic E-state index is 0.556. The molecule has 3 rings (SSSR count). The molecule has 2 aromatic heterocycles. The average molecular weight is 247 g/mol. The summed E-state index contributed by atoms with van der Waals surface area (Å²) in [4.78, 5) is 8.10. The second-order valence-corrected chi connectivity index (χ2v) is 5.46. The van der Waals surface area contributed by atoms with Crippen LogP contribution in [-0.2, 0) is 13.1 Å². The molecule has 90 valence electrons. The molecule has 0 N–H and O–H groups in total. The van der Waals surface area contributed by atoms with Crippen LogP contribution in [0.1, 0.15) is 30.0 Å². The second kappa shape index (κ2) is 4.63. The molecule has 0 saturated heterocycles. The molecule has 17 heavy (non-hydrogen) atoms. The lowest BCUT2D eigenvalue weighted by Gasteiger charge is -2.36. The molecule has 4 heteroatoms. The quantitative estimate of drug-likeness (QED) is 0.831. The lowest BCUT2D eigenvalue weighted by atomic mass is 10.1. The number of rotatable bonds is 3. The molecular formula is C13H17N3S. The van der Waals surface area contributed by atoms with E-state index < -0.39 is 0 Å². The van der Waals surface area contributed by atoms with E-state index in [1.165, 1.54) is 17.0 Å². The van der Waals surface area contributed by atoms with Gasteiger partial charge >= 0.3 is 0 Å². The van der Waals surface area contributed by atoms with Crippen LogP contribution in [0, 0.1) is 0 Å². The van der Waals surface area contributed by atoms with Crippen molar-refractivity contribution in [2.45, 2.75) is 32.5 Å². The highest BCUT2D eigenvalue weighted by Crippen LogP contribution is 2.30. The topological polar surface area (TPSA) is 21.1 Å². The molecular weight excluding hydrogens is 230 g/mol. The van der Waals surface area contributed by atoms with Crippen LogP contribution >= 0.6 is 11.3 Å². The van der Waals surface area contributed by atoms with Gasteiger partial charge in [0.2, 0.25) is 0 Å². The molecule has 0 saturated carbocycles. The third-order valence-corrected chi connectivity index (χ3v) is 4.27. The van der Waals surface area contributed by atoms with Crippen molar-refractivity contribution in [3.63, 3.8) is 0 Å². The number of thiazole rings is 1. The van der Waals surface area contributed by atoms with Gasteiger partial charge in [-0.15, -0.1) is 11.3 Å². The van der Waals surface area contributed by atoms with Crippen LogP contribution in [0.4, 0.5) is 0 Å². The van der Waals surface area contributed by atoms with Crippen molar-refractivity contribution in [2.24, 2.45) is 0 Å². The van der Waals surface area contributed by atoms with Gasteiger partial charge in [-0.3, -0.25) is 9.88 Å². The first-order valence-electron chi connectivity index (χ1n) is 6.15. The maximum atomic E-state index is 4.16. The van der Waals surface area contributed by atoms with Gasteiger partial charge in [-0.25, -0.2) is 0 Å². The van der Waals surface area contributed by atoms with E-state index in [9.17, 15) is 0 Å². The molecule has 0 amide bonds. The van der Waals surface area contributed by atoms with E-state index in [0.717, 1.165) is 19.6 Å². The second-order valence-electron chi connectivity index (χ2n) is 4.49. The highest BCUT2D eigenvalue weighted by atomic mass is 32.1. The number of nitrogens with zero attached hydrogens (tertiary/aromatic N) is 3. The average Bonchev–Trinajstić information content (AvgIpc) is 2.98. The molecule has 1 unspecified atom stereocenters. The van der Waals surface area contributed by atoms with Gasteiger partial charge in [-0.05, 0) is 18.6 Å². The van der Waals surface area contributed by atoms with Gasteiger partial charge in [-0.2, -0.15) is 0 Å². The Bertz CT molecular complexity index is 475. The van der Waals surface area contributed by atoms with E-state index in [1.54, 1.807) is 11.3 Å². The van der Waals surface area contributed by atoms with Crippen molar-refractivity contribution in [3.8, 4) is 0 Å². The summed E-state index contributed by atoms with van der Waals surface area (Å²) in [6.45, 7) is 5.55. The van der Waals surface area contributed by atoms with Crippen LogP contribution in [0.2, 0.25) is 0 Å². The van der Waals surface area contributed by atoms with E-state index in [4.69, 9.17) is 0 Å². The van der Waals surface area contributed by atoms with E-state index >= 15 is 0 Å². The van der Waals surface area contributed by atoms with Crippen molar-refractivity contribution in [3.05, 3.63) is 40.6 Å². The van der Waals surface area contributed by atoms with Crippen molar-refractivity contribution in [1.82, 2.24) is 14.5 Å². The fraction of sp³-hybridized carbons (Fsp3) is 0.462. The zero-order valence-electron chi connectivity index (χ0n) is 10.0. The number of aromatic nitrogens is 2. The van der Waals surface area contributed by atoms with Gasteiger partial charge in [0.25, 0.3) is 0 Å². The first kappa shape index (κ1) is 11.0. The maximum Gasteiger partial charge on any atom is 0.0794 e. The Hall–Kier alpha value is -1.13. The van der Waals surface area contributed by atoms with E-state index in [0.29, 0.717) is 6.04 Å². The zero-order valence-corrected chi connectivity index (χ0v) is 10.9. The standard InChI is InChI=1S/C13H17N3S/c1-2-12-13-4-3-5-15(13)6-7-16(12)9-11-8-14-10-17-11/h3-5,8,10,12H,2,6-7,9H2,1H3. The smallest absolute Gasteiger partial charge is 0.0794 e. The van der Waals surface area contributed by atoms with Gasteiger partial charge in [0.1, 0.15) is 0 Å². The normalized spacial score (nSPS) is 20.4. The molecule has 3 heterocycles. The molecule has 0 aromatic carbocycles. The van der Waals surface area contributed by atoms with Crippen LogP contribution < -0.4 is 0 Å². The fourth-order valence-corrected chi connectivity index (χ4v) is 3.31. The summed E-state index contributed by atoms with van der Waals surface area (Å²) in [5.74, 6) is 0. The summed E-state index contributed by atoms with van der Waals surface area (Å²) in [6.07, 6.45) is 5.36. The lowest BCUT2D eigenvalue weighted by molar-refractivity contribution is 0.145. The predicted molar refractivity (Wildman–Crippen MR) is 70.0 cm³/mol. The third-order valence-electron chi connectivity index (χ3n) is 3.50. The minimum atomic E-state index is 0.556. The Labute approximate surface area is 106 Å². The summed E-state index contributed by atoms with van der Waals surface area (Å²) >= 11 is 1.75. The van der Waals surface area contributed by atoms with Gasteiger partial charge in [-0.1, -0.05) is 6.92 Å². The number of hydrogen-bond acceptors (Lipinski definition) is 3. The highest BCUT2D eigenvalue weighted by molar-refractivity contribution is 7.09. The Kier molecular flexibility index (Phi) is 2.99. The Balaban J connectivity index is 1.82. The first-order valence-corrected chi connectivity index (χ1v) is 7.03. The summed E-state index contributed by atoms with van der Waals surface area (Å²) in [7, 11) is 0. The third kappa shape index (κ3) is 2.03. The lowest BCUT2D eigenvalue weighted by Crippen LogP contribution is -2.36. The predicted octanol–water partition coefficient (Wildman–Crippen LogP) is 2.91. The van der Waals surface area contributed by atoms with Gasteiger partial charge in [0.15, 0.2) is 0 Å². The van der Waals surface area contributed by atoms with E-state index in [2.05, 4.69) is 39.7 Å². The summed E-state index contributed by atoms with van der Waals surface area (Å²) in [6, 6.07) is 4.97. The van der Waals surface area contributed by atoms with Crippen molar-refractivity contribution >= 4 is 11.3 Å². The molecule has 2 aromatic rings. The Morgan fingerprint density at radius 2 is 2.41 bits per heavy atom. The van der Waals surface area contributed by atoms with Crippen molar-refractivity contribution < 1.29 is 0 Å². The number of fused-ring (bicyclic) bond motifs is 1. The Morgan fingerprint density at radius 3 is 3.18 bits per heavy atom. The molecule has 0 radical (unpaired) electrons. The molecule has 1 atom stereocenters. The summed E-state index contributed by atoms with van der Waals surface area (Å²) < 4.78 is 2.39. The van der Waals surface area contributed by atoms with Gasteiger partial charge in [0.05, 0.1) is 11.6 Å².